The van der Waals surface area contributed by atoms with E-state index in [1.54, 1.807) is 0 Å². The van der Waals surface area contributed by atoms with E-state index < -0.39 is 63.1 Å². The SMILES string of the molecule is COC(=O)[C@H](COCC(F)(F)C(F)F)N(C)S(=O)(=O)c1ccccc1[N+](=O)[O-]. The average Bonchev–Trinajstić information content (AvgIpc) is 2.63. The summed E-state index contributed by atoms with van der Waals surface area (Å²) in [6.07, 6.45) is -4.03. The summed E-state index contributed by atoms with van der Waals surface area (Å²) in [6, 6.07) is 2.37. The van der Waals surface area contributed by atoms with Crippen molar-refractivity contribution in [1.29, 1.82) is 0 Å². The number of halogens is 4. The van der Waals surface area contributed by atoms with E-state index in [1.165, 1.54) is 12.1 Å². The Morgan fingerprint density at radius 1 is 1.32 bits per heavy atom. The summed E-state index contributed by atoms with van der Waals surface area (Å²) in [5.41, 5.74) is -0.789. The molecule has 0 fully saturated rings. The number of hydrogen-bond donors (Lipinski definition) is 0. The number of hydrogen-bond acceptors (Lipinski definition) is 7. The summed E-state index contributed by atoms with van der Waals surface area (Å²) in [4.78, 5) is 21.2. The summed E-state index contributed by atoms with van der Waals surface area (Å²) in [7, 11) is -2.97. The molecule has 14 heteroatoms. The highest BCUT2D eigenvalue weighted by Crippen LogP contribution is 2.27. The van der Waals surface area contributed by atoms with Crippen LogP contribution in [-0.4, -0.2) is 69.4 Å². The summed E-state index contributed by atoms with van der Waals surface area (Å²) in [6.45, 7) is -2.83. The third-order valence-corrected chi connectivity index (χ3v) is 5.43. The minimum atomic E-state index is -4.68. The van der Waals surface area contributed by atoms with E-state index in [4.69, 9.17) is 0 Å². The number of ether oxygens (including phenoxy) is 2. The molecule has 1 atom stereocenters. The standard InChI is InChI=1S/C14H16F4N2O7S/c1-19(28(24,25)11-6-4-3-5-9(11)20(22)23)10(12(21)26-2)7-27-8-14(17,18)13(15)16/h3-6,10,13H,7-8H2,1-2H3/t10-/m0/s1. The molecule has 0 unspecified atom stereocenters. The molecule has 0 aromatic heterocycles. The number of carbonyl (C=O) groups excluding carboxylic acids is 1. The first-order valence-corrected chi connectivity index (χ1v) is 8.83. The smallest absolute Gasteiger partial charge is 0.330 e. The lowest BCUT2D eigenvalue weighted by Gasteiger charge is -2.26. The molecule has 0 N–H and O–H groups in total. The minimum Gasteiger partial charge on any atom is -0.468 e. The maximum absolute atomic E-state index is 12.9. The molecule has 0 spiro atoms. The predicted octanol–water partition coefficient (Wildman–Crippen LogP) is 1.67. The van der Waals surface area contributed by atoms with Crippen LogP contribution in [-0.2, 0) is 24.3 Å². The topological polar surface area (TPSA) is 116 Å². The van der Waals surface area contributed by atoms with Gasteiger partial charge in [-0.3, -0.25) is 14.9 Å². The van der Waals surface area contributed by atoms with Crippen molar-refractivity contribution in [2.24, 2.45) is 0 Å². The van der Waals surface area contributed by atoms with Crippen molar-refractivity contribution in [3.63, 3.8) is 0 Å². The number of sulfonamides is 1. The van der Waals surface area contributed by atoms with Gasteiger partial charge in [0.2, 0.25) is 0 Å². The zero-order valence-electron chi connectivity index (χ0n) is 14.6. The number of para-hydroxylation sites is 1. The fourth-order valence-electron chi connectivity index (χ4n) is 1.98. The molecule has 0 aliphatic carbocycles. The van der Waals surface area contributed by atoms with Gasteiger partial charge in [0.25, 0.3) is 15.7 Å². The fourth-order valence-corrected chi connectivity index (χ4v) is 3.43. The van der Waals surface area contributed by atoms with Gasteiger partial charge in [-0.25, -0.2) is 17.2 Å². The normalized spacial score (nSPS) is 13.6. The number of nitro benzene ring substituents is 1. The molecule has 1 aromatic rings. The van der Waals surface area contributed by atoms with Crippen LogP contribution in [0.4, 0.5) is 23.2 Å². The van der Waals surface area contributed by atoms with E-state index in [9.17, 15) is 40.9 Å². The number of likely N-dealkylation sites (N-methyl/N-ethyl adjacent to an activating group) is 1. The molecular formula is C14H16F4N2O7S. The quantitative estimate of drug-likeness (QED) is 0.239. The molecule has 0 saturated heterocycles. The molecule has 0 saturated carbocycles. The Bertz CT molecular complexity index is 820. The Morgan fingerprint density at radius 3 is 2.39 bits per heavy atom. The highest BCUT2D eigenvalue weighted by atomic mass is 32.2. The van der Waals surface area contributed by atoms with Gasteiger partial charge < -0.3 is 9.47 Å². The number of alkyl halides is 4. The molecule has 1 rings (SSSR count). The molecule has 0 heterocycles. The zero-order valence-corrected chi connectivity index (χ0v) is 15.4. The number of carbonyl (C=O) groups is 1. The summed E-state index contributed by atoms with van der Waals surface area (Å²) in [5.74, 6) is -5.76. The van der Waals surface area contributed by atoms with Gasteiger partial charge in [0.05, 0.1) is 18.6 Å². The van der Waals surface area contributed by atoms with Crippen LogP contribution in [0.1, 0.15) is 0 Å². The van der Waals surface area contributed by atoms with Crippen LogP contribution >= 0.6 is 0 Å². The Kier molecular flexibility index (Phi) is 7.84. The molecule has 0 amide bonds. The second kappa shape index (κ2) is 9.25. The van der Waals surface area contributed by atoms with Crippen molar-refractivity contribution in [2.75, 3.05) is 27.4 Å². The minimum absolute atomic E-state index is 0.321. The highest BCUT2D eigenvalue weighted by molar-refractivity contribution is 7.89. The first-order valence-electron chi connectivity index (χ1n) is 7.39. The highest BCUT2D eigenvalue weighted by Gasteiger charge is 2.42. The van der Waals surface area contributed by atoms with Crippen molar-refractivity contribution >= 4 is 21.7 Å². The molecule has 28 heavy (non-hydrogen) atoms. The number of methoxy groups -OCH3 is 1. The van der Waals surface area contributed by atoms with E-state index in [-0.39, 0.29) is 0 Å². The van der Waals surface area contributed by atoms with Gasteiger partial charge in [0.1, 0.15) is 12.6 Å². The van der Waals surface area contributed by atoms with E-state index >= 15 is 0 Å². The summed E-state index contributed by atoms with van der Waals surface area (Å²) in [5, 5.41) is 11.0. The van der Waals surface area contributed by atoms with Gasteiger partial charge in [0.15, 0.2) is 4.90 Å². The first-order chi connectivity index (χ1) is 12.9. The van der Waals surface area contributed by atoms with Crippen LogP contribution in [0.25, 0.3) is 0 Å². The van der Waals surface area contributed by atoms with E-state index in [2.05, 4.69) is 9.47 Å². The lowest BCUT2D eigenvalue weighted by Crippen LogP contribution is -2.47. The van der Waals surface area contributed by atoms with Gasteiger partial charge >= 0.3 is 18.3 Å². The van der Waals surface area contributed by atoms with Crippen LogP contribution in [0.3, 0.4) is 0 Å². The molecule has 0 aliphatic rings. The number of benzene rings is 1. The van der Waals surface area contributed by atoms with Crippen molar-refractivity contribution in [3.8, 4) is 0 Å². The van der Waals surface area contributed by atoms with Gasteiger partial charge in [-0.2, -0.15) is 13.1 Å². The third kappa shape index (κ3) is 5.36. The molecule has 158 valence electrons. The second-order valence-electron chi connectivity index (χ2n) is 5.36. The maximum atomic E-state index is 12.9. The van der Waals surface area contributed by atoms with Crippen LogP contribution < -0.4 is 0 Å². The molecule has 0 bridgehead atoms. The largest absolute Gasteiger partial charge is 0.468 e. The Balaban J connectivity index is 3.15. The van der Waals surface area contributed by atoms with E-state index in [0.717, 1.165) is 26.3 Å². The summed E-state index contributed by atoms with van der Waals surface area (Å²) < 4.78 is 84.6. The summed E-state index contributed by atoms with van der Waals surface area (Å²) >= 11 is 0. The Labute approximate surface area is 157 Å². The van der Waals surface area contributed by atoms with Gasteiger partial charge in [-0.05, 0) is 6.07 Å². The van der Waals surface area contributed by atoms with E-state index in [0.29, 0.717) is 4.31 Å². The predicted molar refractivity (Wildman–Crippen MR) is 85.6 cm³/mol. The van der Waals surface area contributed by atoms with Crippen LogP contribution in [0.5, 0.6) is 0 Å². The lowest BCUT2D eigenvalue weighted by atomic mass is 10.3. The number of rotatable bonds is 10. The Morgan fingerprint density at radius 2 is 1.89 bits per heavy atom. The Hall–Kier alpha value is -2.32. The van der Waals surface area contributed by atoms with Crippen LogP contribution in [0, 0.1) is 10.1 Å². The monoisotopic (exact) mass is 432 g/mol. The third-order valence-electron chi connectivity index (χ3n) is 3.52. The zero-order chi connectivity index (χ0) is 21.7. The molecule has 0 aliphatic heterocycles. The van der Waals surface area contributed by atoms with Crippen LogP contribution in [0.15, 0.2) is 29.2 Å². The number of nitrogens with zero attached hydrogens (tertiary/aromatic N) is 2. The van der Waals surface area contributed by atoms with Crippen molar-refractivity contribution in [3.05, 3.63) is 34.4 Å². The second-order valence-corrected chi connectivity index (χ2v) is 7.33. The number of esters is 1. The average molecular weight is 432 g/mol. The lowest BCUT2D eigenvalue weighted by molar-refractivity contribution is -0.387. The van der Waals surface area contributed by atoms with Crippen molar-refractivity contribution < 1.29 is 45.2 Å². The van der Waals surface area contributed by atoms with E-state index in [1.807, 2.05) is 0 Å². The van der Waals surface area contributed by atoms with Crippen molar-refractivity contribution in [2.45, 2.75) is 23.3 Å². The fraction of sp³-hybridized carbons (Fsp3) is 0.500. The number of nitro groups is 1. The molecule has 0 radical (unpaired) electrons. The molecular weight excluding hydrogens is 416 g/mol. The van der Waals surface area contributed by atoms with Crippen molar-refractivity contribution in [1.82, 2.24) is 4.31 Å². The molecule has 1 aromatic carbocycles. The molecule has 9 nitrogen and oxygen atoms in total. The van der Waals surface area contributed by atoms with Gasteiger partial charge in [-0.15, -0.1) is 0 Å². The maximum Gasteiger partial charge on any atom is 0.330 e. The van der Waals surface area contributed by atoms with Crippen LogP contribution in [0.2, 0.25) is 0 Å². The first kappa shape index (κ1) is 23.7. The van der Waals surface area contributed by atoms with Gasteiger partial charge in [0, 0.05) is 13.1 Å². The van der Waals surface area contributed by atoms with Gasteiger partial charge in [-0.1, -0.05) is 12.1 Å².